The molecule has 0 aliphatic heterocycles. The number of rotatable bonds is 4. The Kier molecular flexibility index (Phi) is 4.40. The van der Waals surface area contributed by atoms with E-state index >= 15 is 0 Å². The number of amides is 1. The van der Waals surface area contributed by atoms with Crippen molar-refractivity contribution in [2.45, 2.75) is 36.5 Å². The minimum absolute atomic E-state index is 0.0777. The first-order valence-corrected chi connectivity index (χ1v) is 9.67. The topological polar surface area (TPSA) is 63.2 Å². The van der Waals surface area contributed by atoms with Gasteiger partial charge in [-0.25, -0.2) is 13.1 Å². The fraction of sp³-hybridized carbons (Fsp3) is 0.278. The molecule has 0 saturated carbocycles. The monoisotopic (exact) mass is 363 g/mol. The molecule has 3 rings (SSSR count). The molecule has 1 aliphatic rings. The van der Waals surface area contributed by atoms with Gasteiger partial charge in [0.15, 0.2) is 0 Å². The number of fused-ring (bicyclic) bond motifs is 1. The van der Waals surface area contributed by atoms with Crippen LogP contribution in [0.25, 0.3) is 0 Å². The van der Waals surface area contributed by atoms with Crippen LogP contribution >= 0.6 is 11.6 Å². The van der Waals surface area contributed by atoms with Gasteiger partial charge in [0.2, 0.25) is 5.91 Å². The van der Waals surface area contributed by atoms with E-state index in [1.165, 1.54) is 12.1 Å². The van der Waals surface area contributed by atoms with Gasteiger partial charge in [-0.05, 0) is 48.6 Å². The van der Waals surface area contributed by atoms with Gasteiger partial charge in [0.05, 0.1) is 10.3 Å². The van der Waals surface area contributed by atoms with Crippen LogP contribution in [0.5, 0.6) is 0 Å². The van der Waals surface area contributed by atoms with Crippen molar-refractivity contribution in [2.24, 2.45) is 0 Å². The average Bonchev–Trinajstić information content (AvgIpc) is 2.97. The summed E-state index contributed by atoms with van der Waals surface area (Å²) < 4.78 is 27.2. The number of carbonyl (C=O) groups is 1. The molecule has 4 nitrogen and oxygen atoms in total. The summed E-state index contributed by atoms with van der Waals surface area (Å²) in [5.41, 5.74) is 0.911. The zero-order chi connectivity index (χ0) is 17.4. The maximum Gasteiger partial charge on any atom is 0.264 e. The second-order valence-electron chi connectivity index (χ2n) is 5.95. The summed E-state index contributed by atoms with van der Waals surface area (Å²) in [7, 11) is -3.89. The molecule has 1 N–H and O–H groups in total. The Balaban J connectivity index is 1.97. The van der Waals surface area contributed by atoms with Crippen LogP contribution in [0.1, 0.15) is 30.9 Å². The number of hydrogen-bond acceptors (Lipinski definition) is 3. The Hall–Kier alpha value is -1.85. The Morgan fingerprint density at radius 1 is 1.17 bits per heavy atom. The molecule has 0 aromatic heterocycles. The number of benzene rings is 2. The molecular weight excluding hydrogens is 346 g/mol. The highest BCUT2D eigenvalue weighted by Gasteiger charge is 2.45. The number of nitrogens with one attached hydrogen (secondary N) is 1. The van der Waals surface area contributed by atoms with Crippen molar-refractivity contribution in [1.29, 1.82) is 0 Å². The summed E-state index contributed by atoms with van der Waals surface area (Å²) in [5.74, 6) is -0.491. The fourth-order valence-electron chi connectivity index (χ4n) is 3.38. The van der Waals surface area contributed by atoms with Crippen molar-refractivity contribution >= 4 is 27.5 Å². The predicted molar refractivity (Wildman–Crippen MR) is 93.5 cm³/mol. The van der Waals surface area contributed by atoms with Crippen LogP contribution in [0.2, 0.25) is 5.02 Å². The summed E-state index contributed by atoms with van der Waals surface area (Å²) >= 11 is 6.24. The number of carbonyl (C=O) groups excluding carboxylic acids is 1. The zero-order valence-electron chi connectivity index (χ0n) is 13.3. The molecule has 1 amide bonds. The van der Waals surface area contributed by atoms with Crippen LogP contribution in [-0.4, -0.2) is 14.3 Å². The molecule has 0 radical (unpaired) electrons. The first kappa shape index (κ1) is 17.0. The van der Waals surface area contributed by atoms with Gasteiger partial charge in [-0.2, -0.15) is 0 Å². The molecule has 0 bridgehead atoms. The molecule has 1 aliphatic carbocycles. The van der Waals surface area contributed by atoms with E-state index in [0.29, 0.717) is 24.3 Å². The molecular formula is C18H18ClNO3S. The molecule has 0 fully saturated rings. The second-order valence-corrected chi connectivity index (χ2v) is 8.04. The Morgan fingerprint density at radius 2 is 1.88 bits per heavy atom. The lowest BCUT2D eigenvalue weighted by Crippen LogP contribution is -2.45. The first-order valence-electron chi connectivity index (χ1n) is 7.81. The van der Waals surface area contributed by atoms with Crippen LogP contribution in [0.15, 0.2) is 53.4 Å². The smallest absolute Gasteiger partial charge is 0.264 e. The Bertz CT molecular complexity index is 880. The molecule has 0 saturated heterocycles. The number of hydrogen-bond donors (Lipinski definition) is 1. The van der Waals surface area contributed by atoms with E-state index in [2.05, 4.69) is 4.72 Å². The van der Waals surface area contributed by atoms with Gasteiger partial charge in [0.25, 0.3) is 10.0 Å². The minimum Gasteiger partial charge on any atom is -0.273 e. The molecule has 24 heavy (non-hydrogen) atoms. The van der Waals surface area contributed by atoms with Crippen LogP contribution in [-0.2, 0) is 26.7 Å². The SMILES string of the molecule is CCC1(C(=O)NS(=O)(=O)c2ccccc2)CCc2c(Cl)cccc21. The Morgan fingerprint density at radius 3 is 2.54 bits per heavy atom. The molecule has 126 valence electrons. The third kappa shape index (κ3) is 2.72. The van der Waals surface area contributed by atoms with Crippen molar-refractivity contribution in [2.75, 3.05) is 0 Å². The highest BCUT2D eigenvalue weighted by Crippen LogP contribution is 2.44. The molecule has 6 heteroatoms. The predicted octanol–water partition coefficient (Wildman–Crippen LogP) is 3.44. The van der Waals surface area contributed by atoms with E-state index in [-0.39, 0.29) is 4.90 Å². The summed E-state index contributed by atoms with van der Waals surface area (Å²) in [4.78, 5) is 13.0. The third-order valence-corrected chi connectivity index (χ3v) is 6.46. The fourth-order valence-corrected chi connectivity index (χ4v) is 4.72. The van der Waals surface area contributed by atoms with Crippen molar-refractivity contribution in [3.05, 3.63) is 64.7 Å². The van der Waals surface area contributed by atoms with Crippen LogP contribution < -0.4 is 4.72 Å². The first-order chi connectivity index (χ1) is 11.4. The lowest BCUT2D eigenvalue weighted by molar-refractivity contribution is -0.125. The summed E-state index contributed by atoms with van der Waals surface area (Å²) in [5, 5.41) is 0.626. The van der Waals surface area contributed by atoms with Gasteiger partial charge in [-0.3, -0.25) is 4.79 Å². The van der Waals surface area contributed by atoms with Crippen molar-refractivity contribution < 1.29 is 13.2 Å². The van der Waals surface area contributed by atoms with Gasteiger partial charge < -0.3 is 0 Å². The molecule has 0 spiro atoms. The largest absolute Gasteiger partial charge is 0.273 e. The molecule has 2 aromatic carbocycles. The number of sulfonamides is 1. The zero-order valence-corrected chi connectivity index (χ0v) is 14.8. The van der Waals surface area contributed by atoms with Crippen molar-refractivity contribution in [3.63, 3.8) is 0 Å². The Labute approximate surface area is 146 Å². The minimum atomic E-state index is -3.89. The maximum atomic E-state index is 12.9. The standard InChI is InChI=1S/C18H18ClNO3S/c1-2-18(12-11-14-15(18)9-6-10-16(14)19)17(21)20-24(22,23)13-7-4-3-5-8-13/h3-10H,2,11-12H2,1H3,(H,20,21). The van der Waals surface area contributed by atoms with E-state index in [1.807, 2.05) is 13.0 Å². The quantitative estimate of drug-likeness (QED) is 0.905. The average molecular weight is 364 g/mol. The van der Waals surface area contributed by atoms with Gasteiger partial charge in [0, 0.05) is 5.02 Å². The lowest BCUT2D eigenvalue weighted by atomic mass is 9.79. The van der Waals surface area contributed by atoms with Crippen LogP contribution in [0.3, 0.4) is 0 Å². The van der Waals surface area contributed by atoms with E-state index in [0.717, 1.165) is 11.1 Å². The highest BCUT2D eigenvalue weighted by atomic mass is 35.5. The summed E-state index contributed by atoms with van der Waals surface area (Å²) in [6.45, 7) is 1.89. The van der Waals surface area contributed by atoms with Gasteiger partial charge >= 0.3 is 0 Å². The normalized spacial score (nSPS) is 19.8. The van der Waals surface area contributed by atoms with Crippen molar-refractivity contribution in [3.8, 4) is 0 Å². The van der Waals surface area contributed by atoms with Crippen molar-refractivity contribution in [1.82, 2.24) is 4.72 Å². The molecule has 1 unspecified atom stereocenters. The number of halogens is 1. The lowest BCUT2D eigenvalue weighted by Gasteiger charge is -2.27. The molecule has 1 atom stereocenters. The van der Waals surface area contributed by atoms with E-state index in [9.17, 15) is 13.2 Å². The van der Waals surface area contributed by atoms with E-state index in [4.69, 9.17) is 11.6 Å². The van der Waals surface area contributed by atoms with Gasteiger partial charge in [-0.1, -0.05) is 48.9 Å². The third-order valence-electron chi connectivity index (χ3n) is 4.75. The molecule has 0 heterocycles. The van der Waals surface area contributed by atoms with Gasteiger partial charge in [0.1, 0.15) is 0 Å². The molecule has 2 aromatic rings. The van der Waals surface area contributed by atoms with Crippen LogP contribution in [0.4, 0.5) is 0 Å². The van der Waals surface area contributed by atoms with E-state index in [1.54, 1.807) is 30.3 Å². The summed E-state index contributed by atoms with van der Waals surface area (Å²) in [6.07, 6.45) is 1.73. The highest BCUT2D eigenvalue weighted by molar-refractivity contribution is 7.90. The second kappa shape index (κ2) is 6.22. The summed E-state index contributed by atoms with van der Waals surface area (Å²) in [6, 6.07) is 13.4. The van der Waals surface area contributed by atoms with Crippen LogP contribution in [0, 0.1) is 0 Å². The van der Waals surface area contributed by atoms with E-state index < -0.39 is 21.3 Å². The maximum absolute atomic E-state index is 12.9. The van der Waals surface area contributed by atoms with Gasteiger partial charge in [-0.15, -0.1) is 0 Å².